The van der Waals surface area contributed by atoms with E-state index >= 15 is 0 Å². The van der Waals surface area contributed by atoms with Crippen LogP contribution in [0.2, 0.25) is 0 Å². The van der Waals surface area contributed by atoms with Gasteiger partial charge in [-0.2, -0.15) is 0 Å². The molecule has 7 heteroatoms. The van der Waals surface area contributed by atoms with Gasteiger partial charge in [-0.05, 0) is 33.1 Å². The van der Waals surface area contributed by atoms with E-state index < -0.39 is 0 Å². The average Bonchev–Trinajstić information content (AvgIpc) is 3.22. The first kappa shape index (κ1) is 16.3. The second-order valence-electron chi connectivity index (χ2n) is 7.19. The van der Waals surface area contributed by atoms with Crippen molar-refractivity contribution in [3.8, 4) is 0 Å². The third kappa shape index (κ3) is 2.75. The van der Waals surface area contributed by atoms with E-state index in [4.69, 9.17) is 4.52 Å². The first-order chi connectivity index (χ1) is 12.1. The Kier molecular flexibility index (Phi) is 4.09. The first-order valence-electron chi connectivity index (χ1n) is 9.22. The lowest BCUT2D eigenvalue weighted by atomic mass is 10.1. The lowest BCUT2D eigenvalue weighted by molar-refractivity contribution is -0.134. The van der Waals surface area contributed by atoms with Crippen molar-refractivity contribution in [2.24, 2.45) is 0 Å². The molecule has 0 aromatic carbocycles. The van der Waals surface area contributed by atoms with Crippen LogP contribution in [-0.4, -0.2) is 42.8 Å². The molecule has 2 aliphatic heterocycles. The van der Waals surface area contributed by atoms with Gasteiger partial charge in [0.1, 0.15) is 17.4 Å². The van der Waals surface area contributed by atoms with Crippen molar-refractivity contribution in [3.63, 3.8) is 0 Å². The minimum Gasteiger partial charge on any atom is -0.361 e. The van der Waals surface area contributed by atoms with E-state index in [1.807, 2.05) is 13.8 Å². The zero-order chi connectivity index (χ0) is 17.6. The molecular formula is C18H25N5O2. The fraction of sp³-hybridized carbons (Fsp3) is 0.667. The number of amides is 1. The van der Waals surface area contributed by atoms with Crippen LogP contribution in [0.1, 0.15) is 54.9 Å². The molecule has 4 rings (SSSR count). The third-order valence-corrected chi connectivity index (χ3v) is 5.71. The summed E-state index contributed by atoms with van der Waals surface area (Å²) in [7, 11) is 0. The molecule has 0 aliphatic carbocycles. The molecule has 1 saturated heterocycles. The van der Waals surface area contributed by atoms with Crippen molar-refractivity contribution >= 4 is 5.91 Å². The summed E-state index contributed by atoms with van der Waals surface area (Å²) >= 11 is 0. The molecule has 2 bridgehead atoms. The average molecular weight is 343 g/mol. The fourth-order valence-electron chi connectivity index (χ4n) is 4.39. The lowest BCUT2D eigenvalue weighted by Crippen LogP contribution is -2.42. The highest BCUT2D eigenvalue weighted by Gasteiger charge is 2.40. The van der Waals surface area contributed by atoms with Gasteiger partial charge >= 0.3 is 0 Å². The first-order valence-corrected chi connectivity index (χ1v) is 9.22. The number of aromatic nitrogens is 4. The topological polar surface area (TPSA) is 77.1 Å². The van der Waals surface area contributed by atoms with Gasteiger partial charge in [0, 0.05) is 37.4 Å². The molecule has 2 atom stereocenters. The van der Waals surface area contributed by atoms with Gasteiger partial charge in [0.25, 0.3) is 0 Å². The number of fused-ring (bicyclic) bond motifs is 3. The number of carbonyl (C=O) groups excluding carboxylic acids is 1. The molecule has 1 fully saturated rings. The Hall–Kier alpha value is -2.18. The number of rotatable bonds is 4. The SMILES string of the molecule is CCc1nnc2n1CC1CCC(C2)N1C(=O)CCc1c(C)noc1C. The van der Waals surface area contributed by atoms with Gasteiger partial charge in [-0.3, -0.25) is 4.79 Å². The molecule has 2 aliphatic rings. The van der Waals surface area contributed by atoms with Crippen LogP contribution in [0.3, 0.4) is 0 Å². The molecule has 1 amide bonds. The Balaban J connectivity index is 1.50. The standard InChI is InChI=1S/C18H25N5O2/c1-4-16-19-20-17-9-13-5-6-14(10-22(16)17)23(13)18(24)8-7-15-11(2)21-25-12(15)3/h13-14H,4-10H2,1-3H3. The van der Waals surface area contributed by atoms with Gasteiger partial charge in [0.05, 0.1) is 11.7 Å². The van der Waals surface area contributed by atoms with Gasteiger partial charge in [-0.1, -0.05) is 12.1 Å². The molecular weight excluding hydrogens is 318 g/mol. The quantitative estimate of drug-likeness (QED) is 0.848. The van der Waals surface area contributed by atoms with Gasteiger partial charge in [-0.25, -0.2) is 0 Å². The number of carbonyl (C=O) groups is 1. The number of nitrogens with zero attached hydrogens (tertiary/aromatic N) is 5. The summed E-state index contributed by atoms with van der Waals surface area (Å²) in [6.45, 7) is 6.78. The minimum atomic E-state index is 0.240. The van der Waals surface area contributed by atoms with Gasteiger partial charge in [0.15, 0.2) is 0 Å². The molecule has 2 aromatic heterocycles. The van der Waals surface area contributed by atoms with Crippen LogP contribution in [0.5, 0.6) is 0 Å². The predicted molar refractivity (Wildman–Crippen MR) is 91.1 cm³/mol. The van der Waals surface area contributed by atoms with Crippen molar-refractivity contribution in [2.45, 2.75) is 77.9 Å². The summed E-state index contributed by atoms with van der Waals surface area (Å²) in [4.78, 5) is 15.1. The third-order valence-electron chi connectivity index (χ3n) is 5.71. The Morgan fingerprint density at radius 2 is 2.04 bits per heavy atom. The van der Waals surface area contributed by atoms with Gasteiger partial charge in [0.2, 0.25) is 5.91 Å². The summed E-state index contributed by atoms with van der Waals surface area (Å²) in [6, 6.07) is 0.530. The Morgan fingerprint density at radius 3 is 2.76 bits per heavy atom. The van der Waals surface area contributed by atoms with Crippen LogP contribution in [-0.2, 0) is 30.6 Å². The molecule has 0 N–H and O–H groups in total. The van der Waals surface area contributed by atoms with E-state index in [1.165, 1.54) is 0 Å². The molecule has 7 nitrogen and oxygen atoms in total. The second-order valence-corrected chi connectivity index (χ2v) is 7.19. The molecule has 25 heavy (non-hydrogen) atoms. The maximum absolute atomic E-state index is 13.0. The summed E-state index contributed by atoms with van der Waals surface area (Å²) in [5.41, 5.74) is 1.96. The van der Waals surface area contributed by atoms with Crippen LogP contribution < -0.4 is 0 Å². The maximum Gasteiger partial charge on any atom is 0.223 e. The second kappa shape index (κ2) is 6.28. The maximum atomic E-state index is 13.0. The van der Waals surface area contributed by atoms with Crippen molar-refractivity contribution in [2.75, 3.05) is 0 Å². The van der Waals surface area contributed by atoms with Crippen molar-refractivity contribution in [1.29, 1.82) is 0 Å². The van der Waals surface area contributed by atoms with E-state index in [1.54, 1.807) is 0 Å². The summed E-state index contributed by atoms with van der Waals surface area (Å²) in [6.07, 6.45) is 5.04. The Morgan fingerprint density at radius 1 is 1.24 bits per heavy atom. The van der Waals surface area contributed by atoms with E-state index in [0.29, 0.717) is 12.8 Å². The molecule has 2 aromatic rings. The number of aryl methyl sites for hydroxylation is 3. The molecule has 134 valence electrons. The molecule has 0 radical (unpaired) electrons. The van der Waals surface area contributed by atoms with E-state index in [-0.39, 0.29) is 18.0 Å². The van der Waals surface area contributed by atoms with Crippen LogP contribution in [0, 0.1) is 13.8 Å². The number of hydrogen-bond acceptors (Lipinski definition) is 5. The zero-order valence-corrected chi connectivity index (χ0v) is 15.2. The number of hydrogen-bond donors (Lipinski definition) is 0. The molecule has 0 saturated carbocycles. The van der Waals surface area contributed by atoms with Gasteiger partial charge < -0.3 is 14.0 Å². The smallest absolute Gasteiger partial charge is 0.223 e. The van der Waals surface area contributed by atoms with E-state index in [9.17, 15) is 4.79 Å². The Labute approximate surface area is 147 Å². The van der Waals surface area contributed by atoms with E-state index in [0.717, 1.165) is 60.9 Å². The summed E-state index contributed by atoms with van der Waals surface area (Å²) in [5, 5.41) is 12.7. The van der Waals surface area contributed by atoms with Gasteiger partial charge in [-0.15, -0.1) is 10.2 Å². The monoisotopic (exact) mass is 343 g/mol. The molecule has 4 heterocycles. The van der Waals surface area contributed by atoms with Crippen LogP contribution in [0.4, 0.5) is 0 Å². The van der Waals surface area contributed by atoms with Crippen molar-refractivity contribution in [3.05, 3.63) is 28.7 Å². The molecule has 2 unspecified atom stereocenters. The van der Waals surface area contributed by atoms with Crippen LogP contribution in [0.15, 0.2) is 4.52 Å². The predicted octanol–water partition coefficient (Wildman–Crippen LogP) is 1.99. The normalized spacial score (nSPS) is 22.1. The fourth-order valence-corrected chi connectivity index (χ4v) is 4.39. The lowest BCUT2D eigenvalue weighted by Gasteiger charge is -2.28. The van der Waals surface area contributed by atoms with Crippen LogP contribution in [0.25, 0.3) is 0 Å². The summed E-state index contributed by atoms with van der Waals surface area (Å²) in [5.74, 6) is 3.13. The highest BCUT2D eigenvalue weighted by atomic mass is 16.5. The molecule has 0 spiro atoms. The van der Waals surface area contributed by atoms with Crippen molar-refractivity contribution < 1.29 is 9.32 Å². The minimum absolute atomic E-state index is 0.240. The van der Waals surface area contributed by atoms with E-state index in [2.05, 4.69) is 31.7 Å². The Bertz CT molecular complexity index is 774. The zero-order valence-electron chi connectivity index (χ0n) is 15.2. The highest BCUT2D eigenvalue weighted by molar-refractivity contribution is 5.77. The van der Waals surface area contributed by atoms with Crippen LogP contribution >= 0.6 is 0 Å². The summed E-state index contributed by atoms with van der Waals surface area (Å²) < 4.78 is 7.45. The highest BCUT2D eigenvalue weighted by Crippen LogP contribution is 2.32. The van der Waals surface area contributed by atoms with Crippen molar-refractivity contribution in [1.82, 2.24) is 24.8 Å². The largest absolute Gasteiger partial charge is 0.361 e.